The first kappa shape index (κ1) is 21.1. The largest absolute Gasteiger partial charge is 0.257 e. The van der Waals surface area contributed by atoms with Crippen LogP contribution in [-0.4, -0.2) is 5.71 Å². The minimum atomic E-state index is 0.158. The highest BCUT2D eigenvalue weighted by molar-refractivity contribution is 6.03. The topological polar surface area (TPSA) is 15.6 Å². The zero-order chi connectivity index (χ0) is 23.5. The lowest BCUT2D eigenvalue weighted by atomic mass is 9.95. The Morgan fingerprint density at radius 1 is 0.457 bits per heavy atom. The molecule has 0 amide bonds. The molecule has 0 radical (unpaired) electrons. The van der Waals surface area contributed by atoms with E-state index in [0.717, 1.165) is 17.8 Å². The molecule has 35 heavy (non-hydrogen) atoms. The molecule has 0 unspecified atom stereocenters. The molecule has 5 aromatic rings. The van der Waals surface area contributed by atoms with Crippen LogP contribution in [0.1, 0.15) is 23.6 Å². The van der Waals surface area contributed by atoms with E-state index >= 15 is 0 Å². The van der Waals surface area contributed by atoms with E-state index in [-0.39, 0.29) is 6.04 Å². The van der Waals surface area contributed by atoms with Gasteiger partial charge in [-0.25, -0.2) is 0 Å². The molecule has 0 spiro atoms. The van der Waals surface area contributed by atoms with Gasteiger partial charge in [0.2, 0.25) is 0 Å². The van der Waals surface area contributed by atoms with Gasteiger partial charge in [0.1, 0.15) is 0 Å². The molecule has 1 heterocycles. The Hall–Kier alpha value is -4.43. The van der Waals surface area contributed by atoms with Gasteiger partial charge in [-0.1, -0.05) is 127 Å². The number of hydrazone groups is 1. The SMILES string of the molecule is c1ccc(-c2ccc(C3=NN(c4ccccc4)[C@H](c4ccc(-c5ccccc5)cc4)C3)cc2)cc1. The third-order valence-corrected chi connectivity index (χ3v) is 6.66. The van der Waals surface area contributed by atoms with Crippen LogP contribution in [0, 0.1) is 0 Å². The normalized spacial score (nSPS) is 15.1. The van der Waals surface area contributed by atoms with Crippen LogP contribution in [0.5, 0.6) is 0 Å². The van der Waals surface area contributed by atoms with Gasteiger partial charge >= 0.3 is 0 Å². The third-order valence-electron chi connectivity index (χ3n) is 6.66. The lowest BCUT2D eigenvalue weighted by Crippen LogP contribution is -2.18. The van der Waals surface area contributed by atoms with Gasteiger partial charge in [0.15, 0.2) is 0 Å². The summed E-state index contributed by atoms with van der Waals surface area (Å²) in [5.41, 5.74) is 9.60. The van der Waals surface area contributed by atoms with Gasteiger partial charge in [-0.15, -0.1) is 0 Å². The molecular formula is C33H26N2. The molecular weight excluding hydrogens is 424 g/mol. The van der Waals surface area contributed by atoms with Crippen LogP contribution in [0.25, 0.3) is 22.3 Å². The van der Waals surface area contributed by atoms with E-state index in [2.05, 4.69) is 145 Å². The average Bonchev–Trinajstić information content (AvgIpc) is 3.40. The second-order valence-electron chi connectivity index (χ2n) is 8.88. The highest BCUT2D eigenvalue weighted by Crippen LogP contribution is 2.37. The molecule has 0 aliphatic carbocycles. The lowest BCUT2D eigenvalue weighted by molar-refractivity contribution is 0.709. The Labute approximate surface area is 206 Å². The zero-order valence-corrected chi connectivity index (χ0v) is 19.5. The fraction of sp³-hybridized carbons (Fsp3) is 0.0606. The van der Waals surface area contributed by atoms with Crippen LogP contribution in [0.2, 0.25) is 0 Å². The first-order chi connectivity index (χ1) is 17.3. The molecule has 1 aliphatic heterocycles. The van der Waals surface area contributed by atoms with E-state index in [1.165, 1.54) is 33.4 Å². The first-order valence-electron chi connectivity index (χ1n) is 12.1. The Balaban J connectivity index is 1.31. The molecule has 5 aromatic carbocycles. The number of para-hydroxylation sites is 1. The predicted octanol–water partition coefficient (Wildman–Crippen LogP) is 8.38. The summed E-state index contributed by atoms with van der Waals surface area (Å²) in [6.07, 6.45) is 0.865. The molecule has 0 fully saturated rings. The molecule has 0 bridgehead atoms. The minimum absolute atomic E-state index is 0.158. The van der Waals surface area contributed by atoms with Crippen LogP contribution in [0.15, 0.2) is 145 Å². The summed E-state index contributed by atoms with van der Waals surface area (Å²) in [6, 6.07) is 49.4. The van der Waals surface area contributed by atoms with Gasteiger partial charge < -0.3 is 0 Å². The van der Waals surface area contributed by atoms with Crippen molar-refractivity contribution in [3.05, 3.63) is 151 Å². The van der Waals surface area contributed by atoms with Gasteiger partial charge in [-0.05, 0) is 45.5 Å². The van der Waals surface area contributed by atoms with Gasteiger partial charge in [0.25, 0.3) is 0 Å². The highest BCUT2D eigenvalue weighted by Gasteiger charge is 2.29. The summed E-state index contributed by atoms with van der Waals surface area (Å²) in [4.78, 5) is 0. The van der Waals surface area contributed by atoms with E-state index in [0.29, 0.717) is 0 Å². The maximum absolute atomic E-state index is 5.12. The zero-order valence-electron chi connectivity index (χ0n) is 19.5. The van der Waals surface area contributed by atoms with Crippen LogP contribution in [0.4, 0.5) is 5.69 Å². The van der Waals surface area contributed by atoms with E-state index in [4.69, 9.17) is 5.10 Å². The molecule has 6 rings (SSSR count). The Morgan fingerprint density at radius 2 is 0.886 bits per heavy atom. The van der Waals surface area contributed by atoms with Crippen molar-refractivity contribution in [1.82, 2.24) is 0 Å². The van der Waals surface area contributed by atoms with E-state index in [1.54, 1.807) is 0 Å². The van der Waals surface area contributed by atoms with Crippen molar-refractivity contribution in [2.24, 2.45) is 5.10 Å². The van der Waals surface area contributed by atoms with Crippen LogP contribution < -0.4 is 5.01 Å². The molecule has 168 valence electrons. The van der Waals surface area contributed by atoms with E-state index in [9.17, 15) is 0 Å². The number of rotatable bonds is 5. The quantitative estimate of drug-likeness (QED) is 0.263. The second kappa shape index (κ2) is 9.44. The van der Waals surface area contributed by atoms with Gasteiger partial charge in [0, 0.05) is 6.42 Å². The third kappa shape index (κ3) is 4.39. The van der Waals surface area contributed by atoms with Crippen LogP contribution >= 0.6 is 0 Å². The summed E-state index contributed by atoms with van der Waals surface area (Å²) in [5.74, 6) is 0. The first-order valence-corrected chi connectivity index (χ1v) is 12.1. The molecule has 0 aromatic heterocycles. The van der Waals surface area contributed by atoms with Crippen LogP contribution in [0.3, 0.4) is 0 Å². The number of nitrogens with zero attached hydrogens (tertiary/aromatic N) is 2. The average molecular weight is 451 g/mol. The second-order valence-corrected chi connectivity index (χ2v) is 8.88. The van der Waals surface area contributed by atoms with E-state index < -0.39 is 0 Å². The van der Waals surface area contributed by atoms with Crippen LogP contribution in [-0.2, 0) is 0 Å². The standard InChI is InChI=1S/C33H26N2/c1-4-10-25(11-5-1)27-16-20-29(21-17-27)32-24-33(35(34-32)31-14-8-3-9-15-31)30-22-18-28(19-23-30)26-12-6-2-7-13-26/h1-23,33H,24H2/t33-/m0/s1. The summed E-state index contributed by atoms with van der Waals surface area (Å²) < 4.78 is 0. The summed E-state index contributed by atoms with van der Waals surface area (Å²) in [5, 5.41) is 7.30. The molecule has 2 nitrogen and oxygen atoms in total. The van der Waals surface area contributed by atoms with Crippen molar-refractivity contribution in [3.8, 4) is 22.3 Å². The van der Waals surface area contributed by atoms with Crippen molar-refractivity contribution in [2.45, 2.75) is 12.5 Å². The fourth-order valence-corrected chi connectivity index (χ4v) is 4.78. The van der Waals surface area contributed by atoms with Gasteiger partial charge in [-0.3, -0.25) is 5.01 Å². The van der Waals surface area contributed by atoms with Crippen molar-refractivity contribution in [2.75, 3.05) is 5.01 Å². The summed E-state index contributed by atoms with van der Waals surface area (Å²) in [7, 11) is 0. The smallest absolute Gasteiger partial charge is 0.0831 e. The molecule has 0 N–H and O–H groups in total. The molecule has 2 heteroatoms. The maximum Gasteiger partial charge on any atom is 0.0831 e. The van der Waals surface area contributed by atoms with Crippen molar-refractivity contribution >= 4 is 11.4 Å². The molecule has 1 atom stereocenters. The molecule has 0 saturated carbocycles. The fourth-order valence-electron chi connectivity index (χ4n) is 4.78. The minimum Gasteiger partial charge on any atom is -0.257 e. The Bertz CT molecular complexity index is 1420. The molecule has 1 aliphatic rings. The Kier molecular flexibility index (Phi) is 5.70. The predicted molar refractivity (Wildman–Crippen MR) is 147 cm³/mol. The monoisotopic (exact) mass is 450 g/mol. The summed E-state index contributed by atoms with van der Waals surface area (Å²) in [6.45, 7) is 0. The maximum atomic E-state index is 5.12. The Morgan fingerprint density at radius 3 is 1.43 bits per heavy atom. The highest BCUT2D eigenvalue weighted by atomic mass is 15.5. The van der Waals surface area contributed by atoms with Crippen molar-refractivity contribution in [1.29, 1.82) is 0 Å². The molecule has 0 saturated heterocycles. The summed E-state index contributed by atoms with van der Waals surface area (Å²) >= 11 is 0. The van der Waals surface area contributed by atoms with Gasteiger partial charge in [-0.2, -0.15) is 5.10 Å². The van der Waals surface area contributed by atoms with E-state index in [1.807, 2.05) is 0 Å². The lowest BCUT2D eigenvalue weighted by Gasteiger charge is -2.24. The number of hydrogen-bond donors (Lipinski definition) is 0. The number of anilines is 1. The number of benzene rings is 5. The van der Waals surface area contributed by atoms with Gasteiger partial charge in [0.05, 0.1) is 17.4 Å². The number of hydrogen-bond acceptors (Lipinski definition) is 2. The van der Waals surface area contributed by atoms with Crippen molar-refractivity contribution in [3.63, 3.8) is 0 Å². The van der Waals surface area contributed by atoms with Crippen molar-refractivity contribution < 1.29 is 0 Å².